The minimum absolute atomic E-state index is 0.0141. The lowest BCUT2D eigenvalue weighted by Gasteiger charge is -2.28. The molecule has 0 unspecified atom stereocenters. The molecule has 4 rings (SSSR count). The first-order valence-corrected chi connectivity index (χ1v) is 11.8. The summed E-state index contributed by atoms with van der Waals surface area (Å²) in [4.78, 5) is 12.4. The highest BCUT2D eigenvalue weighted by Crippen LogP contribution is 2.49. The fourth-order valence-corrected chi connectivity index (χ4v) is 5.71. The van der Waals surface area contributed by atoms with Gasteiger partial charge in [0.1, 0.15) is 12.4 Å². The van der Waals surface area contributed by atoms with Crippen molar-refractivity contribution in [3.8, 4) is 5.75 Å². The predicted octanol–water partition coefficient (Wildman–Crippen LogP) is 3.37. The Bertz CT molecular complexity index is 876. The molecule has 7 nitrogen and oxygen atoms in total. The Kier molecular flexibility index (Phi) is 6.34. The Hall–Kier alpha value is -1.74. The molecule has 1 aromatic heterocycles. The van der Waals surface area contributed by atoms with Crippen LogP contribution in [0.2, 0.25) is 0 Å². The van der Waals surface area contributed by atoms with Crippen LogP contribution in [-0.2, 0) is 11.4 Å². The number of benzene rings is 1. The molecule has 3 N–H and O–H groups in total. The summed E-state index contributed by atoms with van der Waals surface area (Å²) in [5.41, 5.74) is 0. The number of nitrogens with zero attached hydrogens (tertiary/aromatic N) is 3. The number of halogens is 1. The van der Waals surface area contributed by atoms with Crippen LogP contribution in [0.5, 0.6) is 5.75 Å². The van der Waals surface area contributed by atoms with Crippen LogP contribution in [0.4, 0.5) is 0 Å². The molecule has 2 bridgehead atoms. The molecule has 2 aliphatic rings. The zero-order chi connectivity index (χ0) is 20.4. The Morgan fingerprint density at radius 2 is 2.28 bits per heavy atom. The molecule has 2 saturated carbocycles. The summed E-state index contributed by atoms with van der Waals surface area (Å²) >= 11 is 4.70. The first-order chi connectivity index (χ1) is 14.0. The first-order valence-electron chi connectivity index (χ1n) is 9.99. The SMILES string of the molecule is C[C@H](NC(=O)CSc1nnc(COc2cccc(Br)c2)n1N)[C@@H]1C[C@H]2CC[C@H]1C2. The number of nitrogens with two attached hydrogens (primary N) is 1. The summed E-state index contributed by atoms with van der Waals surface area (Å²) in [5.74, 6) is 9.88. The molecular weight excluding hydrogens is 454 g/mol. The standard InChI is InChI=1S/C20H26BrN5O2S/c1-12(17-8-13-5-6-14(17)7-13)23-19(27)11-29-20-25-24-18(26(20)22)10-28-16-4-2-3-15(21)9-16/h2-4,9,12-14,17H,5-8,10-11,22H2,1H3,(H,23,27)/t12-,13-,14-,17-/m0/s1. The first kappa shape index (κ1) is 20.5. The highest BCUT2D eigenvalue weighted by molar-refractivity contribution is 9.10. The van der Waals surface area contributed by atoms with Crippen molar-refractivity contribution >= 4 is 33.6 Å². The van der Waals surface area contributed by atoms with E-state index in [-0.39, 0.29) is 24.3 Å². The van der Waals surface area contributed by atoms with E-state index in [1.54, 1.807) is 0 Å². The molecule has 0 radical (unpaired) electrons. The fraction of sp³-hybridized carbons (Fsp3) is 0.550. The number of aromatic nitrogens is 3. The van der Waals surface area contributed by atoms with Crippen molar-refractivity contribution in [1.82, 2.24) is 20.2 Å². The Morgan fingerprint density at radius 1 is 1.41 bits per heavy atom. The molecule has 4 atom stereocenters. The summed E-state index contributed by atoms with van der Waals surface area (Å²) in [6, 6.07) is 7.78. The number of nitrogen functional groups attached to an aromatic ring is 1. The van der Waals surface area contributed by atoms with E-state index in [9.17, 15) is 4.79 Å². The molecule has 0 spiro atoms. The summed E-state index contributed by atoms with van der Waals surface area (Å²) in [6.07, 6.45) is 5.31. The zero-order valence-corrected chi connectivity index (χ0v) is 18.8. The third-order valence-corrected chi connectivity index (χ3v) is 7.49. The largest absolute Gasteiger partial charge is 0.485 e. The van der Waals surface area contributed by atoms with Crippen molar-refractivity contribution in [3.63, 3.8) is 0 Å². The molecule has 1 amide bonds. The van der Waals surface area contributed by atoms with Crippen molar-refractivity contribution < 1.29 is 9.53 Å². The lowest BCUT2D eigenvalue weighted by Crippen LogP contribution is -2.41. The third kappa shape index (κ3) is 4.88. The molecule has 2 aliphatic carbocycles. The van der Waals surface area contributed by atoms with Crippen molar-refractivity contribution in [2.45, 2.75) is 50.4 Å². The highest BCUT2D eigenvalue weighted by Gasteiger charge is 2.42. The van der Waals surface area contributed by atoms with Crippen LogP contribution in [0.15, 0.2) is 33.9 Å². The molecule has 156 valence electrons. The zero-order valence-electron chi connectivity index (χ0n) is 16.4. The molecular formula is C20H26BrN5O2S. The molecule has 9 heteroatoms. The van der Waals surface area contributed by atoms with E-state index in [1.165, 1.54) is 42.1 Å². The van der Waals surface area contributed by atoms with E-state index >= 15 is 0 Å². The maximum Gasteiger partial charge on any atom is 0.230 e. The maximum absolute atomic E-state index is 12.4. The smallest absolute Gasteiger partial charge is 0.230 e. The van der Waals surface area contributed by atoms with Gasteiger partial charge in [0.15, 0.2) is 5.82 Å². The third-order valence-electron chi connectivity index (χ3n) is 6.06. The van der Waals surface area contributed by atoms with Crippen LogP contribution in [0.1, 0.15) is 38.4 Å². The van der Waals surface area contributed by atoms with Gasteiger partial charge < -0.3 is 15.9 Å². The summed E-state index contributed by atoms with van der Waals surface area (Å²) in [6.45, 7) is 2.34. The average Bonchev–Trinajstić information content (AvgIpc) is 3.41. The number of hydrogen-bond donors (Lipinski definition) is 2. The quantitative estimate of drug-likeness (QED) is 0.445. The summed E-state index contributed by atoms with van der Waals surface area (Å²) < 4.78 is 8.02. The van der Waals surface area contributed by atoms with Crippen LogP contribution in [0, 0.1) is 17.8 Å². The topological polar surface area (TPSA) is 95.1 Å². The van der Waals surface area contributed by atoms with E-state index in [1.807, 2.05) is 24.3 Å². The predicted molar refractivity (Wildman–Crippen MR) is 116 cm³/mol. The average molecular weight is 480 g/mol. The van der Waals surface area contributed by atoms with Crippen LogP contribution >= 0.6 is 27.7 Å². The minimum Gasteiger partial charge on any atom is -0.485 e. The molecule has 2 aromatic rings. The van der Waals surface area contributed by atoms with E-state index in [0.717, 1.165) is 16.3 Å². The number of thioether (sulfide) groups is 1. The molecule has 0 saturated heterocycles. The normalized spacial score (nSPS) is 23.9. The van der Waals surface area contributed by atoms with Gasteiger partial charge >= 0.3 is 0 Å². The van der Waals surface area contributed by atoms with E-state index in [0.29, 0.717) is 22.6 Å². The number of ether oxygens (including phenoxy) is 1. The van der Waals surface area contributed by atoms with E-state index in [2.05, 4.69) is 38.4 Å². The second kappa shape index (κ2) is 8.95. The van der Waals surface area contributed by atoms with Crippen LogP contribution in [0.25, 0.3) is 0 Å². The monoisotopic (exact) mass is 479 g/mol. The number of fused-ring (bicyclic) bond motifs is 2. The second-order valence-corrected chi connectivity index (χ2v) is 9.86. The van der Waals surface area contributed by atoms with Crippen molar-refractivity contribution in [3.05, 3.63) is 34.6 Å². The van der Waals surface area contributed by atoms with Gasteiger partial charge in [-0.25, -0.2) is 4.68 Å². The van der Waals surface area contributed by atoms with Crippen molar-refractivity contribution in [1.29, 1.82) is 0 Å². The lowest BCUT2D eigenvalue weighted by molar-refractivity contribution is -0.119. The van der Waals surface area contributed by atoms with Crippen molar-refractivity contribution in [2.75, 3.05) is 11.6 Å². The van der Waals surface area contributed by atoms with Crippen LogP contribution < -0.4 is 15.9 Å². The van der Waals surface area contributed by atoms with Gasteiger partial charge in [-0.05, 0) is 62.1 Å². The van der Waals surface area contributed by atoms with E-state index < -0.39 is 0 Å². The number of carbonyl (C=O) groups is 1. The van der Waals surface area contributed by atoms with Gasteiger partial charge in [-0.1, -0.05) is 40.2 Å². The highest BCUT2D eigenvalue weighted by atomic mass is 79.9. The Balaban J connectivity index is 1.25. The van der Waals surface area contributed by atoms with Gasteiger partial charge in [0.2, 0.25) is 11.1 Å². The number of amides is 1. The second-order valence-electron chi connectivity index (χ2n) is 8.00. The summed E-state index contributed by atoms with van der Waals surface area (Å²) in [5, 5.41) is 11.8. The number of rotatable bonds is 8. The van der Waals surface area contributed by atoms with Crippen LogP contribution in [-0.4, -0.2) is 32.6 Å². The van der Waals surface area contributed by atoms with E-state index in [4.69, 9.17) is 10.6 Å². The molecule has 29 heavy (non-hydrogen) atoms. The van der Waals surface area contributed by atoms with Crippen LogP contribution in [0.3, 0.4) is 0 Å². The van der Waals surface area contributed by atoms with Gasteiger partial charge in [0.25, 0.3) is 0 Å². The molecule has 1 aromatic carbocycles. The molecule has 1 heterocycles. The fourth-order valence-electron chi connectivity index (χ4n) is 4.65. The van der Waals surface area contributed by atoms with Gasteiger partial charge in [0, 0.05) is 10.5 Å². The van der Waals surface area contributed by atoms with Gasteiger partial charge in [-0.15, -0.1) is 10.2 Å². The van der Waals surface area contributed by atoms with Crippen molar-refractivity contribution in [2.24, 2.45) is 17.8 Å². The molecule has 0 aliphatic heterocycles. The maximum atomic E-state index is 12.4. The Labute approximate surface area is 183 Å². The van der Waals surface area contributed by atoms with Gasteiger partial charge in [-0.2, -0.15) is 0 Å². The Morgan fingerprint density at radius 3 is 3.00 bits per heavy atom. The molecule has 2 fully saturated rings. The lowest BCUT2D eigenvalue weighted by atomic mass is 9.84. The number of carbonyl (C=O) groups excluding carboxylic acids is 1. The number of nitrogens with one attached hydrogen (secondary N) is 1. The van der Waals surface area contributed by atoms with Gasteiger partial charge in [-0.3, -0.25) is 4.79 Å². The summed E-state index contributed by atoms with van der Waals surface area (Å²) in [7, 11) is 0. The minimum atomic E-state index is 0.0141. The van der Waals surface area contributed by atoms with Gasteiger partial charge in [0.05, 0.1) is 5.75 Å². The number of hydrogen-bond acceptors (Lipinski definition) is 6.